The molecule has 0 heterocycles. The molecule has 4 nitrogen and oxygen atoms in total. The Morgan fingerprint density at radius 3 is 2.81 bits per heavy atom. The summed E-state index contributed by atoms with van der Waals surface area (Å²) in [7, 11) is 0. The molecule has 1 aromatic carbocycles. The monoisotopic (exact) mass is 290 g/mol. The molecule has 0 saturated carbocycles. The average molecular weight is 290 g/mol. The number of hydrogen-bond acceptors (Lipinski definition) is 4. The smallest absolute Gasteiger partial charge is 0.347 e. The van der Waals surface area contributed by atoms with E-state index in [9.17, 15) is 9.59 Å². The van der Waals surface area contributed by atoms with Gasteiger partial charge in [0.1, 0.15) is 5.75 Å². The van der Waals surface area contributed by atoms with Crippen molar-refractivity contribution in [1.29, 1.82) is 0 Å². The highest BCUT2D eigenvalue weighted by Crippen LogP contribution is 2.26. The molecule has 0 aromatic heterocycles. The van der Waals surface area contributed by atoms with Crippen molar-refractivity contribution in [3.05, 3.63) is 29.3 Å². The quantitative estimate of drug-likeness (QED) is 0.754. The van der Waals surface area contributed by atoms with Crippen molar-refractivity contribution < 1.29 is 19.1 Å². The summed E-state index contributed by atoms with van der Waals surface area (Å²) in [5.41, 5.74) is 1.81. The normalized spacial score (nSPS) is 15.2. The van der Waals surface area contributed by atoms with Crippen LogP contribution in [0.15, 0.2) is 18.2 Å². The van der Waals surface area contributed by atoms with Crippen LogP contribution >= 0.6 is 0 Å². The van der Waals surface area contributed by atoms with Crippen molar-refractivity contribution in [3.63, 3.8) is 0 Å². The lowest BCUT2D eigenvalue weighted by Crippen LogP contribution is -2.29. The van der Waals surface area contributed by atoms with E-state index >= 15 is 0 Å². The molecular formula is C17H22O4. The zero-order chi connectivity index (χ0) is 15.2. The van der Waals surface area contributed by atoms with Crippen molar-refractivity contribution in [2.24, 2.45) is 0 Å². The molecule has 0 amide bonds. The number of carbonyl (C=O) groups excluding carboxylic acids is 2. The SMILES string of the molecule is CCCC(Oc1ccc2c(c1)CCCC2=O)C(=O)OCC. The third kappa shape index (κ3) is 3.84. The van der Waals surface area contributed by atoms with Crippen LogP contribution in [0, 0.1) is 0 Å². The molecule has 21 heavy (non-hydrogen) atoms. The molecule has 1 unspecified atom stereocenters. The highest BCUT2D eigenvalue weighted by Gasteiger charge is 2.22. The maximum absolute atomic E-state index is 11.9. The maximum Gasteiger partial charge on any atom is 0.347 e. The van der Waals surface area contributed by atoms with Crippen LogP contribution in [0.3, 0.4) is 0 Å². The zero-order valence-corrected chi connectivity index (χ0v) is 12.7. The number of ketones is 1. The van der Waals surface area contributed by atoms with E-state index in [0.29, 0.717) is 25.2 Å². The van der Waals surface area contributed by atoms with Gasteiger partial charge >= 0.3 is 5.97 Å². The summed E-state index contributed by atoms with van der Waals surface area (Å²) < 4.78 is 10.8. The first-order valence-corrected chi connectivity index (χ1v) is 7.65. The van der Waals surface area contributed by atoms with Crippen LogP contribution in [0.4, 0.5) is 0 Å². The second-order valence-corrected chi connectivity index (χ2v) is 5.24. The van der Waals surface area contributed by atoms with Gasteiger partial charge in [-0.05, 0) is 49.9 Å². The Kier molecular flexibility index (Phi) is 5.37. The third-order valence-electron chi connectivity index (χ3n) is 3.61. The lowest BCUT2D eigenvalue weighted by molar-refractivity contribution is -0.151. The predicted molar refractivity (Wildman–Crippen MR) is 79.7 cm³/mol. The molecule has 1 aliphatic rings. The van der Waals surface area contributed by atoms with Gasteiger partial charge in [0.25, 0.3) is 0 Å². The maximum atomic E-state index is 11.9. The molecule has 4 heteroatoms. The summed E-state index contributed by atoms with van der Waals surface area (Å²) >= 11 is 0. The molecule has 1 aliphatic carbocycles. The van der Waals surface area contributed by atoms with Gasteiger partial charge in [-0.3, -0.25) is 4.79 Å². The van der Waals surface area contributed by atoms with Crippen LogP contribution in [0.5, 0.6) is 5.75 Å². The summed E-state index contributed by atoms with van der Waals surface area (Å²) in [5.74, 6) is 0.501. The molecule has 0 radical (unpaired) electrons. The number of hydrogen-bond donors (Lipinski definition) is 0. The zero-order valence-electron chi connectivity index (χ0n) is 12.7. The topological polar surface area (TPSA) is 52.6 Å². The largest absolute Gasteiger partial charge is 0.479 e. The van der Waals surface area contributed by atoms with Gasteiger partial charge in [0, 0.05) is 12.0 Å². The summed E-state index contributed by atoms with van der Waals surface area (Å²) in [6, 6.07) is 5.46. The van der Waals surface area contributed by atoms with Crippen LogP contribution in [-0.4, -0.2) is 24.5 Å². The minimum absolute atomic E-state index is 0.193. The Balaban J connectivity index is 2.13. The molecule has 1 aromatic rings. The molecule has 2 rings (SSSR count). The number of rotatable bonds is 6. The van der Waals surface area contributed by atoms with Crippen LogP contribution < -0.4 is 4.74 Å². The van der Waals surface area contributed by atoms with Crippen molar-refractivity contribution >= 4 is 11.8 Å². The predicted octanol–water partition coefficient (Wildman–Crippen LogP) is 3.32. The molecule has 0 aliphatic heterocycles. The van der Waals surface area contributed by atoms with Gasteiger partial charge < -0.3 is 9.47 Å². The van der Waals surface area contributed by atoms with Crippen LogP contribution in [0.2, 0.25) is 0 Å². The number of ether oxygens (including phenoxy) is 2. The minimum atomic E-state index is -0.577. The van der Waals surface area contributed by atoms with Gasteiger partial charge in [-0.15, -0.1) is 0 Å². The highest BCUT2D eigenvalue weighted by molar-refractivity contribution is 5.98. The molecule has 0 N–H and O–H groups in total. The highest BCUT2D eigenvalue weighted by atomic mass is 16.6. The molecule has 0 spiro atoms. The molecule has 0 saturated heterocycles. The number of carbonyl (C=O) groups is 2. The van der Waals surface area contributed by atoms with E-state index in [2.05, 4.69) is 0 Å². The van der Waals surface area contributed by atoms with E-state index in [0.717, 1.165) is 30.4 Å². The lowest BCUT2D eigenvalue weighted by atomic mass is 9.90. The summed E-state index contributed by atoms with van der Waals surface area (Å²) in [6.07, 6.45) is 3.27. The summed E-state index contributed by atoms with van der Waals surface area (Å²) in [5, 5.41) is 0. The first-order chi connectivity index (χ1) is 10.2. The van der Waals surface area contributed by atoms with Gasteiger partial charge in [0.2, 0.25) is 0 Å². The fourth-order valence-corrected chi connectivity index (χ4v) is 2.58. The number of esters is 1. The second kappa shape index (κ2) is 7.25. The Morgan fingerprint density at radius 2 is 2.10 bits per heavy atom. The molecule has 0 bridgehead atoms. The number of benzene rings is 1. The molecule has 0 fully saturated rings. The molecule has 114 valence electrons. The van der Waals surface area contributed by atoms with Gasteiger partial charge in [-0.25, -0.2) is 4.79 Å². The number of fused-ring (bicyclic) bond motifs is 1. The fraction of sp³-hybridized carbons (Fsp3) is 0.529. The van der Waals surface area contributed by atoms with E-state index in [1.807, 2.05) is 13.0 Å². The molecular weight excluding hydrogens is 268 g/mol. The van der Waals surface area contributed by atoms with Crippen LogP contribution in [0.25, 0.3) is 0 Å². The fourth-order valence-electron chi connectivity index (χ4n) is 2.58. The first-order valence-electron chi connectivity index (χ1n) is 7.65. The lowest BCUT2D eigenvalue weighted by Gasteiger charge is -2.19. The van der Waals surface area contributed by atoms with Crippen LogP contribution in [0.1, 0.15) is 55.5 Å². The summed E-state index contributed by atoms with van der Waals surface area (Å²) in [4.78, 5) is 23.7. The minimum Gasteiger partial charge on any atom is -0.479 e. The average Bonchev–Trinajstić information content (AvgIpc) is 2.47. The van der Waals surface area contributed by atoms with Gasteiger partial charge in [0.05, 0.1) is 6.61 Å². The van der Waals surface area contributed by atoms with Crippen LogP contribution in [-0.2, 0) is 16.0 Å². The summed E-state index contributed by atoms with van der Waals surface area (Å²) in [6.45, 7) is 4.13. The third-order valence-corrected chi connectivity index (χ3v) is 3.61. The van der Waals surface area contributed by atoms with E-state index < -0.39 is 6.10 Å². The van der Waals surface area contributed by atoms with Gasteiger partial charge in [-0.1, -0.05) is 13.3 Å². The van der Waals surface area contributed by atoms with E-state index in [-0.39, 0.29) is 11.8 Å². The molecule has 1 atom stereocenters. The first kappa shape index (κ1) is 15.5. The number of aryl methyl sites for hydroxylation is 1. The van der Waals surface area contributed by atoms with E-state index in [1.165, 1.54) is 0 Å². The Hall–Kier alpha value is -1.84. The van der Waals surface area contributed by atoms with Gasteiger partial charge in [0.15, 0.2) is 11.9 Å². The van der Waals surface area contributed by atoms with Crippen molar-refractivity contribution in [1.82, 2.24) is 0 Å². The van der Waals surface area contributed by atoms with Crippen molar-refractivity contribution in [3.8, 4) is 5.75 Å². The van der Waals surface area contributed by atoms with Crippen molar-refractivity contribution in [2.45, 2.75) is 52.1 Å². The number of Topliss-reactive ketones (excluding diaryl/α,β-unsaturated/α-hetero) is 1. The van der Waals surface area contributed by atoms with E-state index in [1.54, 1.807) is 19.1 Å². The van der Waals surface area contributed by atoms with Crippen molar-refractivity contribution in [2.75, 3.05) is 6.61 Å². The van der Waals surface area contributed by atoms with Gasteiger partial charge in [-0.2, -0.15) is 0 Å². The Labute approximate surface area is 125 Å². The standard InChI is InChI=1S/C17H22O4/c1-3-6-16(17(19)20-4-2)21-13-9-10-14-12(11-13)7-5-8-15(14)18/h9-11,16H,3-8H2,1-2H3. The Bertz CT molecular complexity index is 522. The Morgan fingerprint density at radius 1 is 1.29 bits per heavy atom. The second-order valence-electron chi connectivity index (χ2n) is 5.24. The van der Waals surface area contributed by atoms with E-state index in [4.69, 9.17) is 9.47 Å².